The van der Waals surface area contributed by atoms with E-state index in [9.17, 15) is 8.78 Å². The molecule has 2 N–H and O–H groups in total. The van der Waals surface area contributed by atoms with Gasteiger partial charge in [0.1, 0.15) is 11.6 Å². The number of fused-ring (bicyclic) bond motifs is 3. The molecular formula is C30H38F3N3S. The molecule has 0 spiro atoms. The number of thiocarbonyl (C=S) groups is 1. The van der Waals surface area contributed by atoms with Crippen molar-refractivity contribution in [3.8, 4) is 0 Å². The molecule has 3 nitrogen and oxygen atoms in total. The van der Waals surface area contributed by atoms with Gasteiger partial charge in [0.15, 0.2) is 0 Å². The Kier molecular flexibility index (Phi) is 9.09. The van der Waals surface area contributed by atoms with Gasteiger partial charge in [-0.25, -0.2) is 8.78 Å². The summed E-state index contributed by atoms with van der Waals surface area (Å²) in [5.74, 6) is -0.268. The van der Waals surface area contributed by atoms with Crippen LogP contribution in [-0.2, 0) is 12.8 Å². The average Bonchev–Trinajstić information content (AvgIpc) is 3.21. The van der Waals surface area contributed by atoms with Crippen molar-refractivity contribution in [2.24, 2.45) is 5.92 Å². The van der Waals surface area contributed by atoms with Crippen LogP contribution in [0.25, 0.3) is 10.9 Å². The van der Waals surface area contributed by atoms with Gasteiger partial charge in [0.2, 0.25) is 0 Å². The summed E-state index contributed by atoms with van der Waals surface area (Å²) >= 11 is 5.51. The van der Waals surface area contributed by atoms with Gasteiger partial charge < -0.3 is 10.3 Å². The lowest BCUT2D eigenvalue weighted by atomic mass is 9.85. The van der Waals surface area contributed by atoms with Gasteiger partial charge in [-0.3, -0.25) is 9.29 Å². The normalized spacial score (nSPS) is 18.8. The number of aryl methyl sites for hydroxylation is 2. The van der Waals surface area contributed by atoms with Crippen LogP contribution in [0.15, 0.2) is 30.3 Å². The number of rotatable bonds is 11. The first-order valence-corrected chi connectivity index (χ1v) is 13.7. The summed E-state index contributed by atoms with van der Waals surface area (Å²) in [7, 11) is 0. The van der Waals surface area contributed by atoms with Gasteiger partial charge in [-0.1, -0.05) is 31.3 Å². The van der Waals surface area contributed by atoms with E-state index >= 15 is 4.39 Å². The fourth-order valence-electron chi connectivity index (χ4n) is 5.55. The lowest BCUT2D eigenvalue weighted by molar-refractivity contribution is 0.136. The maximum atomic E-state index is 16.4. The SMILES string of the molecule is CC(=S)C(C)CN1C(c2c(C)ccc(CCCNCCCF)c2F)c2[nH]c3ccc(F)cc3c2C[C@H]1C. The molecule has 0 saturated heterocycles. The Morgan fingerprint density at radius 1 is 1.19 bits per heavy atom. The molecule has 2 aromatic carbocycles. The Morgan fingerprint density at radius 3 is 2.68 bits per heavy atom. The third-order valence-corrected chi connectivity index (χ3v) is 8.19. The number of benzene rings is 2. The topological polar surface area (TPSA) is 31.1 Å². The summed E-state index contributed by atoms with van der Waals surface area (Å²) in [6, 6.07) is 8.52. The third-order valence-electron chi connectivity index (χ3n) is 7.79. The number of hydrogen-bond donors (Lipinski definition) is 2. The number of hydrogen-bond acceptors (Lipinski definition) is 3. The van der Waals surface area contributed by atoms with Gasteiger partial charge in [-0.2, -0.15) is 0 Å². The van der Waals surface area contributed by atoms with Crippen molar-refractivity contribution < 1.29 is 13.2 Å². The predicted molar refractivity (Wildman–Crippen MR) is 150 cm³/mol. The van der Waals surface area contributed by atoms with Crippen LogP contribution in [0.4, 0.5) is 13.2 Å². The van der Waals surface area contributed by atoms with Crippen molar-refractivity contribution in [1.82, 2.24) is 15.2 Å². The lowest BCUT2D eigenvalue weighted by Crippen LogP contribution is -2.46. The number of alkyl halides is 1. The van der Waals surface area contributed by atoms with Gasteiger partial charge in [0.25, 0.3) is 0 Å². The lowest BCUT2D eigenvalue weighted by Gasteiger charge is -2.43. The molecule has 0 bridgehead atoms. The first-order chi connectivity index (χ1) is 17.7. The molecule has 2 heterocycles. The number of halogens is 3. The highest BCUT2D eigenvalue weighted by Gasteiger charge is 2.39. The Bertz CT molecular complexity index is 1250. The van der Waals surface area contributed by atoms with E-state index in [2.05, 4.69) is 29.0 Å². The average molecular weight is 530 g/mol. The summed E-state index contributed by atoms with van der Waals surface area (Å²) in [6.45, 7) is 9.96. The number of nitrogens with zero attached hydrogens (tertiary/aromatic N) is 1. The van der Waals surface area contributed by atoms with Gasteiger partial charge in [-0.15, -0.1) is 0 Å². The predicted octanol–water partition coefficient (Wildman–Crippen LogP) is 7.00. The minimum atomic E-state index is -0.330. The van der Waals surface area contributed by atoms with Crippen LogP contribution in [0.5, 0.6) is 0 Å². The molecule has 1 aromatic heterocycles. The molecule has 0 fully saturated rings. The number of aromatic amines is 1. The van der Waals surface area contributed by atoms with E-state index < -0.39 is 0 Å². The summed E-state index contributed by atoms with van der Waals surface area (Å²) in [4.78, 5) is 6.84. The smallest absolute Gasteiger partial charge is 0.131 e. The molecule has 1 aliphatic heterocycles. The molecule has 0 amide bonds. The van der Waals surface area contributed by atoms with E-state index in [1.807, 2.05) is 26.0 Å². The summed E-state index contributed by atoms with van der Waals surface area (Å²) in [5, 5.41) is 4.10. The van der Waals surface area contributed by atoms with E-state index in [0.29, 0.717) is 37.1 Å². The second kappa shape index (κ2) is 12.1. The zero-order valence-corrected chi connectivity index (χ0v) is 23.1. The highest BCUT2D eigenvalue weighted by atomic mass is 32.1. The van der Waals surface area contributed by atoms with E-state index in [4.69, 9.17) is 12.2 Å². The highest BCUT2D eigenvalue weighted by molar-refractivity contribution is 7.80. The fourth-order valence-corrected chi connectivity index (χ4v) is 5.63. The van der Waals surface area contributed by atoms with Crippen LogP contribution in [-0.4, -0.2) is 47.1 Å². The monoisotopic (exact) mass is 529 g/mol. The Balaban J connectivity index is 1.77. The van der Waals surface area contributed by atoms with E-state index in [1.54, 1.807) is 12.1 Å². The molecule has 4 rings (SSSR count). The Hall–Kier alpha value is -2.22. The quantitative estimate of drug-likeness (QED) is 0.207. The minimum Gasteiger partial charge on any atom is -0.357 e. The van der Waals surface area contributed by atoms with E-state index in [-0.39, 0.29) is 36.3 Å². The van der Waals surface area contributed by atoms with Gasteiger partial charge in [0, 0.05) is 34.7 Å². The van der Waals surface area contributed by atoms with Crippen LogP contribution in [0.1, 0.15) is 67.6 Å². The summed E-state index contributed by atoms with van der Waals surface area (Å²) < 4.78 is 42.9. The minimum absolute atomic E-state index is 0.124. The number of H-pyrrole nitrogens is 1. The van der Waals surface area contributed by atoms with Crippen LogP contribution in [0, 0.1) is 24.5 Å². The molecule has 0 aliphatic carbocycles. The summed E-state index contributed by atoms with van der Waals surface area (Å²) in [6.07, 6.45) is 2.62. The molecule has 2 unspecified atom stereocenters. The Labute approximate surface area is 223 Å². The van der Waals surface area contributed by atoms with Crippen molar-refractivity contribution in [2.75, 3.05) is 26.3 Å². The van der Waals surface area contributed by atoms with Crippen molar-refractivity contribution in [1.29, 1.82) is 0 Å². The molecule has 7 heteroatoms. The zero-order chi connectivity index (χ0) is 26.7. The third kappa shape index (κ3) is 5.94. The van der Waals surface area contributed by atoms with Gasteiger partial charge in [-0.05, 0) is 105 Å². The maximum absolute atomic E-state index is 16.4. The van der Waals surface area contributed by atoms with Crippen LogP contribution >= 0.6 is 12.2 Å². The van der Waals surface area contributed by atoms with Crippen LogP contribution in [0.3, 0.4) is 0 Å². The summed E-state index contributed by atoms with van der Waals surface area (Å²) in [5.41, 5.74) is 5.15. The molecular weight excluding hydrogens is 491 g/mol. The van der Waals surface area contributed by atoms with Crippen LogP contribution in [0.2, 0.25) is 0 Å². The van der Waals surface area contributed by atoms with E-state index in [0.717, 1.165) is 52.0 Å². The molecule has 0 saturated carbocycles. The molecule has 3 aromatic rings. The van der Waals surface area contributed by atoms with E-state index in [1.165, 1.54) is 6.07 Å². The molecule has 37 heavy (non-hydrogen) atoms. The van der Waals surface area contributed by atoms with Gasteiger partial charge in [0.05, 0.1) is 12.7 Å². The molecule has 200 valence electrons. The largest absolute Gasteiger partial charge is 0.357 e. The first-order valence-electron chi connectivity index (χ1n) is 13.3. The van der Waals surface area contributed by atoms with Crippen LogP contribution < -0.4 is 5.32 Å². The first kappa shape index (κ1) is 27.8. The molecule has 1 aliphatic rings. The van der Waals surface area contributed by atoms with Crippen molar-refractivity contribution >= 4 is 28.0 Å². The molecule has 3 atom stereocenters. The maximum Gasteiger partial charge on any atom is 0.131 e. The highest BCUT2D eigenvalue weighted by Crippen LogP contribution is 2.43. The standard InChI is InChI=1S/C30H38F3N3S/c1-18-8-9-22(7-5-13-34-14-6-12-31)28(33)27(18)30-29-25(24-16-23(32)10-11-26(24)35-29)15-20(3)36(30)17-19(2)21(4)37/h8-11,16,19-20,30,34-35H,5-7,12-15,17H2,1-4H3/t19?,20-,30?/m1/s1. The Morgan fingerprint density at radius 2 is 1.95 bits per heavy atom. The van der Waals surface area contributed by atoms with Gasteiger partial charge >= 0.3 is 0 Å². The number of aromatic nitrogens is 1. The van der Waals surface area contributed by atoms with Crippen molar-refractivity contribution in [2.45, 2.75) is 65.5 Å². The second-order valence-corrected chi connectivity index (χ2v) is 11.2. The fraction of sp³-hybridized carbons (Fsp3) is 0.500. The zero-order valence-electron chi connectivity index (χ0n) is 22.3. The van der Waals surface area contributed by atoms with Crippen molar-refractivity contribution in [3.63, 3.8) is 0 Å². The van der Waals surface area contributed by atoms with Crippen molar-refractivity contribution in [3.05, 3.63) is 69.9 Å². The molecule has 0 radical (unpaired) electrons. The number of nitrogens with one attached hydrogen (secondary N) is 2. The second-order valence-electron chi connectivity index (χ2n) is 10.5.